The van der Waals surface area contributed by atoms with Gasteiger partial charge in [0.25, 0.3) is 0 Å². The molecule has 0 heterocycles. The summed E-state index contributed by atoms with van der Waals surface area (Å²) in [5.41, 5.74) is 2.88. The Balaban J connectivity index is 3.58. The Morgan fingerprint density at radius 1 is 0.769 bits per heavy atom. The normalized spacial score (nSPS) is 13.0. The number of hydrogen-bond acceptors (Lipinski definition) is 1. The number of unbranched alkanes of at least 4 members (excludes halogenated alkanes) is 11. The molecule has 0 aliphatic carbocycles. The van der Waals surface area contributed by atoms with E-state index in [0.29, 0.717) is 6.10 Å². The van der Waals surface area contributed by atoms with Gasteiger partial charge < -0.3 is 4.74 Å². The lowest BCUT2D eigenvalue weighted by Crippen LogP contribution is -2.07. The standard InChI is InChI=1S/C25H48O/c1-6-7-8-9-10-11-12-13-14-15-16-17-21-25(26-5)22-24(4)20-18-19-23(2)3/h19,22,25H,6-18,20-21H2,1-5H3/b24-22+. The van der Waals surface area contributed by atoms with E-state index in [4.69, 9.17) is 4.74 Å². The minimum atomic E-state index is 0.310. The molecule has 154 valence electrons. The maximum absolute atomic E-state index is 5.66. The first-order valence-corrected chi connectivity index (χ1v) is 11.4. The highest BCUT2D eigenvalue weighted by atomic mass is 16.5. The Morgan fingerprint density at radius 3 is 1.73 bits per heavy atom. The third-order valence-electron chi connectivity index (χ3n) is 5.21. The van der Waals surface area contributed by atoms with Crippen molar-refractivity contribution >= 4 is 0 Å². The van der Waals surface area contributed by atoms with Crippen molar-refractivity contribution in [1.82, 2.24) is 0 Å². The summed E-state index contributed by atoms with van der Waals surface area (Å²) in [6.07, 6.45) is 25.4. The first kappa shape index (κ1) is 25.4. The lowest BCUT2D eigenvalue weighted by Gasteiger charge is -2.12. The van der Waals surface area contributed by atoms with E-state index < -0.39 is 0 Å². The smallest absolute Gasteiger partial charge is 0.0754 e. The highest BCUT2D eigenvalue weighted by molar-refractivity contribution is 5.05. The van der Waals surface area contributed by atoms with E-state index in [-0.39, 0.29) is 0 Å². The van der Waals surface area contributed by atoms with Gasteiger partial charge in [0.1, 0.15) is 0 Å². The Labute approximate surface area is 165 Å². The van der Waals surface area contributed by atoms with Crippen molar-refractivity contribution in [3.05, 3.63) is 23.3 Å². The highest BCUT2D eigenvalue weighted by Gasteiger charge is 2.04. The van der Waals surface area contributed by atoms with Crippen LogP contribution in [-0.4, -0.2) is 13.2 Å². The van der Waals surface area contributed by atoms with E-state index in [1.807, 2.05) is 7.11 Å². The summed E-state index contributed by atoms with van der Waals surface area (Å²) in [6.45, 7) is 8.88. The molecule has 0 bridgehead atoms. The zero-order valence-electron chi connectivity index (χ0n) is 18.7. The van der Waals surface area contributed by atoms with Crippen LogP contribution in [0.5, 0.6) is 0 Å². The Kier molecular flexibility index (Phi) is 18.8. The van der Waals surface area contributed by atoms with Gasteiger partial charge in [0.05, 0.1) is 6.10 Å². The molecule has 0 aromatic rings. The molecule has 0 aliphatic heterocycles. The van der Waals surface area contributed by atoms with E-state index in [1.54, 1.807) is 0 Å². The third-order valence-corrected chi connectivity index (χ3v) is 5.21. The summed E-state index contributed by atoms with van der Waals surface area (Å²) in [6, 6.07) is 0. The molecule has 0 rings (SSSR count). The number of ether oxygens (including phenoxy) is 1. The molecule has 1 unspecified atom stereocenters. The maximum Gasteiger partial charge on any atom is 0.0754 e. The van der Waals surface area contributed by atoms with E-state index in [9.17, 15) is 0 Å². The quantitative estimate of drug-likeness (QED) is 0.174. The van der Waals surface area contributed by atoms with Crippen LogP contribution in [-0.2, 0) is 4.74 Å². The Hall–Kier alpha value is -0.560. The van der Waals surface area contributed by atoms with Crippen molar-refractivity contribution in [3.8, 4) is 0 Å². The minimum Gasteiger partial charge on any atom is -0.377 e. The zero-order valence-corrected chi connectivity index (χ0v) is 18.7. The average Bonchev–Trinajstić information content (AvgIpc) is 2.61. The molecule has 1 heteroatoms. The van der Waals surface area contributed by atoms with Gasteiger partial charge in [-0.2, -0.15) is 0 Å². The van der Waals surface area contributed by atoms with Crippen LogP contribution in [0.2, 0.25) is 0 Å². The molecule has 0 saturated carbocycles. The summed E-state index contributed by atoms with van der Waals surface area (Å²) in [5.74, 6) is 0. The van der Waals surface area contributed by atoms with E-state index in [1.165, 1.54) is 94.6 Å². The average molecular weight is 365 g/mol. The Bertz CT molecular complexity index is 349. The molecule has 0 radical (unpaired) electrons. The SMILES string of the molecule is CCCCCCCCCCCCCCC(/C=C(\C)CCC=C(C)C)OC. The molecule has 0 fully saturated rings. The molecule has 1 atom stereocenters. The fourth-order valence-corrected chi connectivity index (χ4v) is 3.44. The van der Waals surface area contributed by atoms with E-state index in [2.05, 4.69) is 39.8 Å². The molecule has 0 saturated heterocycles. The third kappa shape index (κ3) is 18.2. The van der Waals surface area contributed by atoms with Crippen molar-refractivity contribution in [2.75, 3.05) is 7.11 Å². The molecular formula is C25H48O. The summed E-state index contributed by atoms with van der Waals surface area (Å²) in [4.78, 5) is 0. The second-order valence-corrected chi connectivity index (χ2v) is 8.29. The largest absolute Gasteiger partial charge is 0.377 e. The Morgan fingerprint density at radius 2 is 1.27 bits per heavy atom. The maximum atomic E-state index is 5.66. The number of rotatable bonds is 18. The van der Waals surface area contributed by atoms with Crippen molar-refractivity contribution in [1.29, 1.82) is 0 Å². The van der Waals surface area contributed by atoms with Gasteiger partial charge in [-0.3, -0.25) is 0 Å². The number of methoxy groups -OCH3 is 1. The van der Waals surface area contributed by atoms with Crippen molar-refractivity contribution < 1.29 is 4.74 Å². The molecule has 1 nitrogen and oxygen atoms in total. The van der Waals surface area contributed by atoms with Gasteiger partial charge in [-0.25, -0.2) is 0 Å². The van der Waals surface area contributed by atoms with Crippen LogP contribution >= 0.6 is 0 Å². The number of allylic oxidation sites excluding steroid dienone is 3. The van der Waals surface area contributed by atoms with Crippen LogP contribution in [0.15, 0.2) is 23.3 Å². The monoisotopic (exact) mass is 364 g/mol. The van der Waals surface area contributed by atoms with E-state index in [0.717, 1.165) is 12.8 Å². The summed E-state index contributed by atoms with van der Waals surface area (Å²) >= 11 is 0. The number of hydrogen-bond donors (Lipinski definition) is 0. The predicted octanol–water partition coefficient (Wildman–Crippen LogP) is 8.79. The molecule has 0 N–H and O–H groups in total. The summed E-state index contributed by atoms with van der Waals surface area (Å²) in [5, 5.41) is 0. The predicted molar refractivity (Wildman–Crippen MR) is 119 cm³/mol. The van der Waals surface area contributed by atoms with Crippen molar-refractivity contribution in [3.63, 3.8) is 0 Å². The van der Waals surface area contributed by atoms with Gasteiger partial charge in [-0.15, -0.1) is 0 Å². The van der Waals surface area contributed by atoms with Crippen LogP contribution in [0.3, 0.4) is 0 Å². The fraction of sp³-hybridized carbons (Fsp3) is 0.840. The van der Waals surface area contributed by atoms with Crippen LogP contribution in [0.25, 0.3) is 0 Å². The van der Waals surface area contributed by atoms with Gasteiger partial charge in [-0.05, 0) is 40.0 Å². The fourth-order valence-electron chi connectivity index (χ4n) is 3.44. The van der Waals surface area contributed by atoms with Crippen molar-refractivity contribution in [2.45, 2.75) is 130 Å². The second-order valence-electron chi connectivity index (χ2n) is 8.29. The highest BCUT2D eigenvalue weighted by Crippen LogP contribution is 2.15. The molecule has 0 amide bonds. The van der Waals surface area contributed by atoms with Gasteiger partial charge in [0.2, 0.25) is 0 Å². The molecule has 26 heavy (non-hydrogen) atoms. The van der Waals surface area contributed by atoms with Gasteiger partial charge in [-0.1, -0.05) is 107 Å². The van der Waals surface area contributed by atoms with Crippen LogP contribution < -0.4 is 0 Å². The van der Waals surface area contributed by atoms with Gasteiger partial charge in [0.15, 0.2) is 0 Å². The lowest BCUT2D eigenvalue weighted by molar-refractivity contribution is 0.130. The van der Waals surface area contributed by atoms with Gasteiger partial charge >= 0.3 is 0 Å². The van der Waals surface area contributed by atoms with E-state index >= 15 is 0 Å². The minimum absolute atomic E-state index is 0.310. The van der Waals surface area contributed by atoms with Crippen LogP contribution in [0.4, 0.5) is 0 Å². The lowest BCUT2D eigenvalue weighted by atomic mass is 10.0. The summed E-state index contributed by atoms with van der Waals surface area (Å²) in [7, 11) is 1.85. The first-order chi connectivity index (χ1) is 12.6. The first-order valence-electron chi connectivity index (χ1n) is 11.4. The molecule has 0 aromatic heterocycles. The molecular weight excluding hydrogens is 316 g/mol. The van der Waals surface area contributed by atoms with Crippen LogP contribution in [0.1, 0.15) is 124 Å². The molecule has 0 aliphatic rings. The summed E-state index contributed by atoms with van der Waals surface area (Å²) < 4.78 is 5.66. The molecule has 0 spiro atoms. The topological polar surface area (TPSA) is 9.23 Å². The van der Waals surface area contributed by atoms with Crippen LogP contribution in [0, 0.1) is 0 Å². The van der Waals surface area contributed by atoms with Crippen molar-refractivity contribution in [2.24, 2.45) is 0 Å². The molecule has 0 aromatic carbocycles. The zero-order chi connectivity index (χ0) is 19.5. The van der Waals surface area contributed by atoms with Gasteiger partial charge in [0, 0.05) is 7.11 Å². The second kappa shape index (κ2) is 19.2.